The van der Waals surface area contributed by atoms with Crippen molar-refractivity contribution < 1.29 is 4.74 Å². The second-order valence-corrected chi connectivity index (χ2v) is 7.08. The second kappa shape index (κ2) is 10.0. The summed E-state index contributed by atoms with van der Waals surface area (Å²) >= 11 is 3.03. The minimum absolute atomic E-state index is 0.588. The highest BCUT2D eigenvalue weighted by Gasteiger charge is 2.01. The molecule has 0 aliphatic heterocycles. The van der Waals surface area contributed by atoms with Crippen molar-refractivity contribution in [1.82, 2.24) is 0 Å². The van der Waals surface area contributed by atoms with Crippen molar-refractivity contribution in [1.29, 1.82) is 0 Å². The van der Waals surface area contributed by atoms with Gasteiger partial charge in [-0.15, -0.1) is 0 Å². The number of hydrogen-bond donors (Lipinski definition) is 2. The maximum Gasteiger partial charge on any atom is 0.153 e. The van der Waals surface area contributed by atoms with Gasteiger partial charge in [0.15, 0.2) is 10.3 Å². The van der Waals surface area contributed by atoms with Crippen LogP contribution in [0.15, 0.2) is 58.5 Å². The molecule has 7 heteroatoms. The summed E-state index contributed by atoms with van der Waals surface area (Å²) in [4.78, 5) is 7.86. The number of nitrogens with two attached hydrogens (primary N) is 2. The molecule has 0 bridgehead atoms. The van der Waals surface area contributed by atoms with Crippen molar-refractivity contribution in [3.05, 3.63) is 59.7 Å². The first-order valence-electron chi connectivity index (χ1n) is 7.66. The van der Waals surface area contributed by atoms with E-state index in [-0.39, 0.29) is 0 Å². The molecule has 2 rings (SSSR count). The molecule has 0 aliphatic carbocycles. The van der Waals surface area contributed by atoms with Crippen LogP contribution in [0.1, 0.15) is 11.1 Å². The van der Waals surface area contributed by atoms with Crippen molar-refractivity contribution in [3.63, 3.8) is 0 Å². The Labute approximate surface area is 157 Å². The third-order valence-corrected chi connectivity index (χ3v) is 5.21. The lowest BCUT2D eigenvalue weighted by atomic mass is 10.2. The molecule has 25 heavy (non-hydrogen) atoms. The van der Waals surface area contributed by atoms with E-state index >= 15 is 0 Å². The second-order valence-electron chi connectivity index (χ2n) is 5.09. The van der Waals surface area contributed by atoms with Gasteiger partial charge in [0.25, 0.3) is 0 Å². The molecule has 5 nitrogen and oxygen atoms in total. The maximum absolute atomic E-state index is 5.87. The van der Waals surface area contributed by atoms with E-state index in [0.717, 1.165) is 23.0 Å². The number of ether oxygens (including phenoxy) is 1. The van der Waals surface area contributed by atoms with Crippen molar-refractivity contribution >= 4 is 33.9 Å². The van der Waals surface area contributed by atoms with E-state index in [1.54, 1.807) is 14.1 Å². The molecule has 2 aromatic carbocycles. The Morgan fingerprint density at radius 2 is 1.12 bits per heavy atom. The Bertz CT molecular complexity index is 664. The van der Waals surface area contributed by atoms with Crippen LogP contribution in [0, 0.1) is 0 Å². The lowest BCUT2D eigenvalue weighted by Crippen LogP contribution is -2.05. The van der Waals surface area contributed by atoms with E-state index in [9.17, 15) is 0 Å². The van der Waals surface area contributed by atoms with E-state index < -0.39 is 0 Å². The standard InChI is InChI=1S/C18H22N4OS2/c1-21-17(19)24-11-13-3-7-15(8-4-13)23-16-9-5-14(6-10-16)12-25-18(20)22-2/h3-10H,11-12H2,1-2H3,(H2,19,21)(H2,20,22). The SMILES string of the molecule is CN=C(N)SCc1ccc(Oc2ccc(CSC(N)=NC)cc2)cc1. The van der Waals surface area contributed by atoms with Crippen LogP contribution in [0.2, 0.25) is 0 Å². The normalized spacial score (nSPS) is 12.2. The molecule has 0 amide bonds. The monoisotopic (exact) mass is 374 g/mol. The molecule has 0 heterocycles. The fraction of sp³-hybridized carbons (Fsp3) is 0.222. The molecule has 132 valence electrons. The average Bonchev–Trinajstić information content (AvgIpc) is 2.66. The van der Waals surface area contributed by atoms with Gasteiger partial charge in [-0.25, -0.2) is 0 Å². The zero-order chi connectivity index (χ0) is 18.1. The summed E-state index contributed by atoms with van der Waals surface area (Å²) in [5, 5.41) is 1.18. The molecule has 0 saturated carbocycles. The predicted molar refractivity (Wildman–Crippen MR) is 111 cm³/mol. The Hall–Kier alpha value is -2.12. The van der Waals surface area contributed by atoms with Crippen LogP contribution in [0.4, 0.5) is 0 Å². The fourth-order valence-electron chi connectivity index (χ4n) is 1.89. The molecule has 0 spiro atoms. The first-order valence-corrected chi connectivity index (χ1v) is 9.63. The molecular weight excluding hydrogens is 352 g/mol. The largest absolute Gasteiger partial charge is 0.457 e. The highest BCUT2D eigenvalue weighted by atomic mass is 32.2. The summed E-state index contributed by atoms with van der Waals surface area (Å²) in [6.45, 7) is 0. The molecule has 0 saturated heterocycles. The van der Waals surface area contributed by atoms with Gasteiger partial charge in [-0.2, -0.15) is 0 Å². The topological polar surface area (TPSA) is 86.0 Å². The molecule has 0 radical (unpaired) electrons. The molecule has 0 aliphatic rings. The van der Waals surface area contributed by atoms with Gasteiger partial charge >= 0.3 is 0 Å². The van der Waals surface area contributed by atoms with Gasteiger partial charge < -0.3 is 16.2 Å². The van der Waals surface area contributed by atoms with Crippen LogP contribution < -0.4 is 16.2 Å². The van der Waals surface area contributed by atoms with E-state index in [4.69, 9.17) is 16.2 Å². The predicted octanol–water partition coefficient (Wildman–Crippen LogP) is 3.83. The van der Waals surface area contributed by atoms with Crippen LogP contribution in [0.5, 0.6) is 11.5 Å². The zero-order valence-electron chi connectivity index (χ0n) is 14.3. The number of hydrogen-bond acceptors (Lipinski definition) is 5. The van der Waals surface area contributed by atoms with E-state index in [1.165, 1.54) is 34.7 Å². The van der Waals surface area contributed by atoms with Crippen LogP contribution >= 0.6 is 23.5 Å². The van der Waals surface area contributed by atoms with Crippen LogP contribution in [0.3, 0.4) is 0 Å². The Morgan fingerprint density at radius 3 is 1.44 bits per heavy atom. The van der Waals surface area contributed by atoms with Gasteiger partial charge in [-0.1, -0.05) is 47.8 Å². The lowest BCUT2D eigenvalue weighted by Gasteiger charge is -2.08. The minimum Gasteiger partial charge on any atom is -0.457 e. The zero-order valence-corrected chi connectivity index (χ0v) is 15.9. The summed E-state index contributed by atoms with van der Waals surface area (Å²) in [6, 6.07) is 15.9. The smallest absolute Gasteiger partial charge is 0.153 e. The number of amidine groups is 2. The Balaban J connectivity index is 1.89. The number of aliphatic imine (C=N–C) groups is 2. The molecule has 0 fully saturated rings. The first-order chi connectivity index (χ1) is 12.1. The minimum atomic E-state index is 0.588. The molecule has 0 aromatic heterocycles. The summed E-state index contributed by atoms with van der Waals surface area (Å²) in [6.07, 6.45) is 0. The molecule has 0 atom stereocenters. The van der Waals surface area contributed by atoms with Crippen molar-refractivity contribution in [2.24, 2.45) is 21.5 Å². The van der Waals surface area contributed by atoms with Gasteiger partial charge in [0.05, 0.1) is 0 Å². The molecule has 4 N–H and O–H groups in total. The van der Waals surface area contributed by atoms with Gasteiger partial charge in [-0.3, -0.25) is 9.98 Å². The fourth-order valence-corrected chi connectivity index (χ4v) is 3.16. The summed E-state index contributed by atoms with van der Waals surface area (Å²) in [5.74, 6) is 3.19. The van der Waals surface area contributed by atoms with E-state index in [2.05, 4.69) is 9.98 Å². The number of thioether (sulfide) groups is 2. The molecule has 0 unspecified atom stereocenters. The van der Waals surface area contributed by atoms with Gasteiger partial charge in [0.2, 0.25) is 0 Å². The van der Waals surface area contributed by atoms with Crippen LogP contribution in [-0.2, 0) is 11.5 Å². The Morgan fingerprint density at radius 1 is 0.760 bits per heavy atom. The van der Waals surface area contributed by atoms with Crippen LogP contribution in [-0.4, -0.2) is 24.4 Å². The van der Waals surface area contributed by atoms with E-state index in [1.807, 2.05) is 48.5 Å². The third-order valence-electron chi connectivity index (χ3n) is 3.30. The van der Waals surface area contributed by atoms with E-state index in [0.29, 0.717) is 10.3 Å². The number of rotatable bonds is 6. The van der Waals surface area contributed by atoms with Gasteiger partial charge in [0.1, 0.15) is 11.5 Å². The van der Waals surface area contributed by atoms with Crippen LogP contribution in [0.25, 0.3) is 0 Å². The highest BCUT2D eigenvalue weighted by Crippen LogP contribution is 2.24. The van der Waals surface area contributed by atoms with Gasteiger partial charge in [-0.05, 0) is 35.4 Å². The summed E-state index contributed by atoms with van der Waals surface area (Å²) < 4.78 is 5.87. The average molecular weight is 375 g/mol. The van der Waals surface area contributed by atoms with Crippen molar-refractivity contribution in [2.75, 3.05) is 14.1 Å². The summed E-state index contributed by atoms with van der Waals surface area (Å²) in [5.41, 5.74) is 13.7. The number of benzene rings is 2. The third kappa shape index (κ3) is 6.72. The summed E-state index contributed by atoms with van der Waals surface area (Å²) in [7, 11) is 3.38. The number of nitrogens with zero attached hydrogens (tertiary/aromatic N) is 2. The highest BCUT2D eigenvalue weighted by molar-refractivity contribution is 8.13. The molecule has 2 aromatic rings. The Kier molecular flexibility index (Phi) is 7.69. The molecular formula is C18H22N4OS2. The van der Waals surface area contributed by atoms with Gasteiger partial charge in [0, 0.05) is 25.6 Å². The lowest BCUT2D eigenvalue weighted by molar-refractivity contribution is 0.482. The van der Waals surface area contributed by atoms with Crippen molar-refractivity contribution in [3.8, 4) is 11.5 Å². The van der Waals surface area contributed by atoms with Crippen molar-refractivity contribution in [2.45, 2.75) is 11.5 Å². The maximum atomic E-state index is 5.87. The first kappa shape index (κ1) is 19.2. The quantitative estimate of drug-likeness (QED) is 0.593.